The Balaban J connectivity index is 1.65. The van der Waals surface area contributed by atoms with Crippen LogP contribution in [0, 0.1) is 0 Å². The summed E-state index contributed by atoms with van der Waals surface area (Å²) in [6, 6.07) is 7.84. The van der Waals surface area contributed by atoms with Gasteiger partial charge in [0.2, 0.25) is 0 Å². The van der Waals surface area contributed by atoms with Crippen LogP contribution in [0.1, 0.15) is 22.3 Å². The summed E-state index contributed by atoms with van der Waals surface area (Å²) in [6.07, 6.45) is 4.31. The summed E-state index contributed by atoms with van der Waals surface area (Å²) in [5, 5.41) is 11.2. The molecule has 1 aromatic carbocycles. The van der Waals surface area contributed by atoms with Gasteiger partial charge in [-0.05, 0) is 24.6 Å². The quantitative estimate of drug-likeness (QED) is 0.903. The van der Waals surface area contributed by atoms with Gasteiger partial charge < -0.3 is 10.6 Å². The van der Waals surface area contributed by atoms with Crippen molar-refractivity contribution in [3.8, 4) is 0 Å². The van der Waals surface area contributed by atoms with Gasteiger partial charge in [0, 0.05) is 23.8 Å². The van der Waals surface area contributed by atoms with Gasteiger partial charge in [-0.25, -0.2) is 0 Å². The number of hydrogen-bond donors (Lipinski definition) is 2. The van der Waals surface area contributed by atoms with Crippen LogP contribution in [0.2, 0.25) is 5.02 Å². The molecule has 1 amide bonds. The van der Waals surface area contributed by atoms with Crippen LogP contribution < -0.4 is 10.6 Å². The maximum absolute atomic E-state index is 12.1. The summed E-state index contributed by atoms with van der Waals surface area (Å²) in [7, 11) is 0. The zero-order valence-corrected chi connectivity index (χ0v) is 12.3. The maximum atomic E-state index is 12.1. The van der Waals surface area contributed by atoms with Crippen LogP contribution in [-0.2, 0) is 6.54 Å². The first-order valence-corrected chi connectivity index (χ1v) is 7.37. The summed E-state index contributed by atoms with van der Waals surface area (Å²) in [5.41, 5.74) is 1.56. The highest BCUT2D eigenvalue weighted by Gasteiger charge is 2.18. The third-order valence-corrected chi connectivity index (χ3v) is 3.95. The van der Waals surface area contributed by atoms with Gasteiger partial charge in [0.05, 0.1) is 18.3 Å². The summed E-state index contributed by atoms with van der Waals surface area (Å²) < 4.78 is 1.73. The molecule has 110 valence electrons. The fourth-order valence-electron chi connectivity index (χ4n) is 2.42. The number of carbonyl (C=O) groups excluding carboxylic acids is 1. The summed E-state index contributed by atoms with van der Waals surface area (Å²) in [6.45, 7) is 2.34. The SMILES string of the molecule is O=C(NC1CCNC1)c1cnn(Cc2ccccc2Cl)c1. The third-order valence-electron chi connectivity index (χ3n) is 3.58. The summed E-state index contributed by atoms with van der Waals surface area (Å²) >= 11 is 6.13. The van der Waals surface area contributed by atoms with Crippen molar-refractivity contribution in [2.24, 2.45) is 0 Å². The lowest BCUT2D eigenvalue weighted by Gasteiger charge is -2.09. The molecule has 1 aliphatic heterocycles. The fraction of sp³-hybridized carbons (Fsp3) is 0.333. The molecule has 21 heavy (non-hydrogen) atoms. The molecule has 5 nitrogen and oxygen atoms in total. The molecule has 1 saturated heterocycles. The number of rotatable bonds is 4. The van der Waals surface area contributed by atoms with Crippen LogP contribution in [0.3, 0.4) is 0 Å². The number of halogens is 1. The Labute approximate surface area is 128 Å². The van der Waals surface area contributed by atoms with Crippen LogP contribution in [0.5, 0.6) is 0 Å². The predicted molar refractivity (Wildman–Crippen MR) is 81.5 cm³/mol. The average Bonchev–Trinajstić information content (AvgIpc) is 3.13. The molecular formula is C15H17ClN4O. The van der Waals surface area contributed by atoms with Crippen molar-refractivity contribution in [1.82, 2.24) is 20.4 Å². The van der Waals surface area contributed by atoms with Crippen LogP contribution in [0.15, 0.2) is 36.7 Å². The normalized spacial score (nSPS) is 17.9. The Morgan fingerprint density at radius 1 is 1.48 bits per heavy atom. The molecule has 2 heterocycles. The Kier molecular flexibility index (Phi) is 4.22. The van der Waals surface area contributed by atoms with Crippen LogP contribution in [-0.4, -0.2) is 34.8 Å². The topological polar surface area (TPSA) is 59.0 Å². The van der Waals surface area contributed by atoms with Gasteiger partial charge in [0.25, 0.3) is 5.91 Å². The molecule has 6 heteroatoms. The van der Waals surface area contributed by atoms with Gasteiger partial charge >= 0.3 is 0 Å². The van der Waals surface area contributed by atoms with E-state index < -0.39 is 0 Å². The Bertz CT molecular complexity index is 634. The first kappa shape index (κ1) is 14.1. The van der Waals surface area contributed by atoms with Gasteiger partial charge in [-0.3, -0.25) is 9.48 Å². The van der Waals surface area contributed by atoms with Crippen LogP contribution in [0.4, 0.5) is 0 Å². The number of amides is 1. The standard InChI is InChI=1S/C15H17ClN4O/c16-14-4-2-1-3-11(14)9-20-10-12(7-18-20)15(21)19-13-5-6-17-8-13/h1-4,7,10,13,17H,5-6,8-9H2,(H,19,21). The highest BCUT2D eigenvalue weighted by Crippen LogP contribution is 2.16. The van der Waals surface area contributed by atoms with Crippen LogP contribution in [0.25, 0.3) is 0 Å². The lowest BCUT2D eigenvalue weighted by molar-refractivity contribution is 0.0940. The fourth-order valence-corrected chi connectivity index (χ4v) is 2.61. The second-order valence-electron chi connectivity index (χ2n) is 5.18. The smallest absolute Gasteiger partial charge is 0.254 e. The minimum Gasteiger partial charge on any atom is -0.348 e. The van der Waals surface area contributed by atoms with Gasteiger partial charge in [0.15, 0.2) is 0 Å². The molecule has 0 bridgehead atoms. The number of aromatic nitrogens is 2. The average molecular weight is 305 g/mol. The third kappa shape index (κ3) is 3.43. The second kappa shape index (κ2) is 6.28. The van der Waals surface area contributed by atoms with E-state index in [9.17, 15) is 4.79 Å². The van der Waals surface area contributed by atoms with Crippen molar-refractivity contribution in [2.45, 2.75) is 19.0 Å². The number of carbonyl (C=O) groups is 1. The van der Waals surface area contributed by atoms with Gasteiger partial charge in [-0.15, -0.1) is 0 Å². The number of benzene rings is 1. The zero-order chi connectivity index (χ0) is 14.7. The molecule has 0 saturated carbocycles. The Hall–Kier alpha value is -1.85. The molecule has 1 fully saturated rings. The van der Waals surface area contributed by atoms with Crippen molar-refractivity contribution in [2.75, 3.05) is 13.1 Å². The van der Waals surface area contributed by atoms with Crippen molar-refractivity contribution >= 4 is 17.5 Å². The monoisotopic (exact) mass is 304 g/mol. The number of hydrogen-bond acceptors (Lipinski definition) is 3. The second-order valence-corrected chi connectivity index (χ2v) is 5.59. The van der Waals surface area contributed by atoms with Crippen molar-refractivity contribution < 1.29 is 4.79 Å². The lowest BCUT2D eigenvalue weighted by atomic mass is 10.2. The van der Waals surface area contributed by atoms with E-state index in [0.717, 1.165) is 25.1 Å². The van der Waals surface area contributed by atoms with E-state index in [2.05, 4.69) is 15.7 Å². The van der Waals surface area contributed by atoms with E-state index in [1.807, 2.05) is 24.3 Å². The predicted octanol–water partition coefficient (Wildman–Crippen LogP) is 1.68. The van der Waals surface area contributed by atoms with E-state index in [4.69, 9.17) is 11.6 Å². The molecule has 2 N–H and O–H groups in total. The molecule has 0 spiro atoms. The van der Waals surface area contributed by atoms with Crippen molar-refractivity contribution in [3.63, 3.8) is 0 Å². The molecule has 3 rings (SSSR count). The zero-order valence-electron chi connectivity index (χ0n) is 11.6. The molecule has 1 aromatic heterocycles. The van der Waals surface area contributed by atoms with E-state index >= 15 is 0 Å². The molecule has 1 unspecified atom stereocenters. The van der Waals surface area contributed by atoms with E-state index in [1.165, 1.54) is 0 Å². The Morgan fingerprint density at radius 2 is 2.33 bits per heavy atom. The molecule has 2 aromatic rings. The lowest BCUT2D eigenvalue weighted by Crippen LogP contribution is -2.36. The first-order valence-electron chi connectivity index (χ1n) is 7.00. The van der Waals surface area contributed by atoms with Crippen LogP contribution >= 0.6 is 11.6 Å². The number of nitrogens with one attached hydrogen (secondary N) is 2. The van der Waals surface area contributed by atoms with E-state index in [1.54, 1.807) is 17.1 Å². The Morgan fingerprint density at radius 3 is 3.10 bits per heavy atom. The minimum absolute atomic E-state index is 0.0749. The highest BCUT2D eigenvalue weighted by atomic mass is 35.5. The minimum atomic E-state index is -0.0749. The van der Waals surface area contributed by atoms with Gasteiger partial charge in [-0.2, -0.15) is 5.10 Å². The molecule has 1 aliphatic rings. The molecule has 1 atom stereocenters. The molecular weight excluding hydrogens is 288 g/mol. The summed E-state index contributed by atoms with van der Waals surface area (Å²) in [5.74, 6) is -0.0749. The largest absolute Gasteiger partial charge is 0.348 e. The summed E-state index contributed by atoms with van der Waals surface area (Å²) in [4.78, 5) is 12.1. The maximum Gasteiger partial charge on any atom is 0.254 e. The molecule has 0 aliphatic carbocycles. The van der Waals surface area contributed by atoms with E-state index in [0.29, 0.717) is 17.1 Å². The van der Waals surface area contributed by atoms with Gasteiger partial charge in [0.1, 0.15) is 0 Å². The number of nitrogens with zero attached hydrogens (tertiary/aromatic N) is 2. The molecule has 0 radical (unpaired) electrons. The van der Waals surface area contributed by atoms with Crippen molar-refractivity contribution in [1.29, 1.82) is 0 Å². The van der Waals surface area contributed by atoms with Gasteiger partial charge in [-0.1, -0.05) is 29.8 Å². The highest BCUT2D eigenvalue weighted by molar-refractivity contribution is 6.31. The van der Waals surface area contributed by atoms with E-state index in [-0.39, 0.29) is 11.9 Å². The van der Waals surface area contributed by atoms with Crippen molar-refractivity contribution in [3.05, 3.63) is 52.8 Å². The first-order chi connectivity index (χ1) is 10.2.